The third kappa shape index (κ3) is 3.63. The van der Waals surface area contributed by atoms with E-state index < -0.39 is 10.0 Å². The van der Waals surface area contributed by atoms with E-state index in [4.69, 9.17) is 0 Å². The molecule has 2 heterocycles. The molecular formula is C20H22N4O4S. The minimum Gasteiger partial charge on any atom is -0.326 e. The van der Waals surface area contributed by atoms with Gasteiger partial charge in [0, 0.05) is 24.7 Å². The van der Waals surface area contributed by atoms with Gasteiger partial charge in [-0.2, -0.15) is 4.31 Å². The molecule has 0 saturated carbocycles. The van der Waals surface area contributed by atoms with E-state index in [0.717, 1.165) is 16.8 Å². The van der Waals surface area contributed by atoms with E-state index in [1.165, 1.54) is 10.4 Å². The van der Waals surface area contributed by atoms with E-state index in [0.29, 0.717) is 18.4 Å². The summed E-state index contributed by atoms with van der Waals surface area (Å²) >= 11 is 0. The fraction of sp³-hybridized carbons (Fsp3) is 0.350. The van der Waals surface area contributed by atoms with E-state index in [-0.39, 0.29) is 35.3 Å². The molecule has 0 unspecified atom stereocenters. The first-order valence-electron chi connectivity index (χ1n) is 9.46. The maximum absolute atomic E-state index is 13.1. The summed E-state index contributed by atoms with van der Waals surface area (Å²) in [6, 6.07) is 10.6. The quantitative estimate of drug-likeness (QED) is 0.704. The molecule has 9 heteroatoms. The van der Waals surface area contributed by atoms with Crippen molar-refractivity contribution in [1.82, 2.24) is 14.6 Å². The number of carbonyl (C=O) groups is 1. The molecule has 29 heavy (non-hydrogen) atoms. The minimum atomic E-state index is -3.74. The van der Waals surface area contributed by atoms with Crippen LogP contribution in [0.2, 0.25) is 0 Å². The topological polar surface area (TPSA) is 105 Å². The Morgan fingerprint density at radius 3 is 2.59 bits per heavy atom. The van der Waals surface area contributed by atoms with Gasteiger partial charge in [0.05, 0.1) is 0 Å². The Morgan fingerprint density at radius 1 is 1.10 bits per heavy atom. The number of fused-ring (bicyclic) bond motifs is 1. The Kier molecular flexibility index (Phi) is 5.10. The highest BCUT2D eigenvalue weighted by molar-refractivity contribution is 7.89. The highest BCUT2D eigenvalue weighted by atomic mass is 32.2. The van der Waals surface area contributed by atoms with Crippen LogP contribution in [0.25, 0.3) is 11.0 Å². The first kappa shape index (κ1) is 19.5. The molecular weight excluding hydrogens is 392 g/mol. The smallest absolute Gasteiger partial charge is 0.245 e. The molecule has 3 aromatic rings. The van der Waals surface area contributed by atoms with Crippen LogP contribution in [0.1, 0.15) is 24.0 Å². The van der Waals surface area contributed by atoms with Crippen molar-refractivity contribution >= 4 is 32.7 Å². The van der Waals surface area contributed by atoms with Gasteiger partial charge in [-0.05, 0) is 66.3 Å². The molecule has 1 aliphatic heterocycles. The average molecular weight is 414 g/mol. The van der Waals surface area contributed by atoms with Crippen molar-refractivity contribution in [3.8, 4) is 0 Å². The lowest BCUT2D eigenvalue weighted by molar-refractivity contribution is -0.120. The van der Waals surface area contributed by atoms with Gasteiger partial charge in [-0.1, -0.05) is 18.2 Å². The van der Waals surface area contributed by atoms with Crippen molar-refractivity contribution in [2.75, 3.05) is 18.4 Å². The number of anilines is 1. The maximum Gasteiger partial charge on any atom is 0.245 e. The van der Waals surface area contributed by atoms with Gasteiger partial charge in [0.1, 0.15) is 10.4 Å². The Hall–Kier alpha value is -2.78. The van der Waals surface area contributed by atoms with E-state index in [1.807, 2.05) is 32.0 Å². The van der Waals surface area contributed by atoms with Crippen LogP contribution >= 0.6 is 0 Å². The zero-order valence-electron chi connectivity index (χ0n) is 16.3. The number of carbonyl (C=O) groups excluding carboxylic acids is 1. The SMILES string of the molecule is Cc1cccc(NC(=O)C2CCN(S(=O)(=O)c3cccc4nonc34)CC2)c1C. The van der Waals surface area contributed by atoms with Crippen LogP contribution < -0.4 is 5.32 Å². The van der Waals surface area contributed by atoms with Gasteiger partial charge < -0.3 is 5.32 Å². The zero-order chi connectivity index (χ0) is 20.6. The summed E-state index contributed by atoms with van der Waals surface area (Å²) in [6.07, 6.45) is 0.923. The third-order valence-corrected chi connectivity index (χ3v) is 7.48. The average Bonchev–Trinajstić information content (AvgIpc) is 3.20. The number of hydrogen-bond donors (Lipinski definition) is 1. The molecule has 1 N–H and O–H groups in total. The van der Waals surface area contributed by atoms with Crippen molar-refractivity contribution in [1.29, 1.82) is 0 Å². The summed E-state index contributed by atoms with van der Waals surface area (Å²) < 4.78 is 32.2. The molecule has 152 valence electrons. The van der Waals surface area contributed by atoms with Crippen LogP contribution in [0.15, 0.2) is 45.9 Å². The lowest BCUT2D eigenvalue weighted by Crippen LogP contribution is -2.41. The standard InChI is InChI=1S/C20H22N4O4S/c1-13-5-3-6-16(14(13)2)21-20(25)15-9-11-24(12-10-15)29(26,27)18-8-4-7-17-19(18)23-28-22-17/h3-8,15H,9-12H2,1-2H3,(H,21,25). The van der Waals surface area contributed by atoms with Gasteiger partial charge in [-0.3, -0.25) is 4.79 Å². The first-order chi connectivity index (χ1) is 13.9. The van der Waals surface area contributed by atoms with Gasteiger partial charge in [0.25, 0.3) is 0 Å². The number of rotatable bonds is 4. The minimum absolute atomic E-state index is 0.0708. The predicted molar refractivity (Wildman–Crippen MR) is 108 cm³/mol. The largest absolute Gasteiger partial charge is 0.326 e. The monoisotopic (exact) mass is 414 g/mol. The second-order valence-electron chi connectivity index (χ2n) is 7.30. The molecule has 0 spiro atoms. The Bertz CT molecular complexity index is 1160. The molecule has 1 amide bonds. The van der Waals surface area contributed by atoms with Crippen molar-refractivity contribution in [2.24, 2.45) is 5.92 Å². The van der Waals surface area contributed by atoms with Crippen LogP contribution in [0.5, 0.6) is 0 Å². The Balaban J connectivity index is 1.46. The van der Waals surface area contributed by atoms with E-state index in [9.17, 15) is 13.2 Å². The molecule has 0 radical (unpaired) electrons. The van der Waals surface area contributed by atoms with Gasteiger partial charge >= 0.3 is 0 Å². The molecule has 0 aliphatic carbocycles. The number of sulfonamides is 1. The molecule has 1 aliphatic rings. The van der Waals surface area contributed by atoms with Crippen molar-refractivity contribution in [3.63, 3.8) is 0 Å². The number of hydrogen-bond acceptors (Lipinski definition) is 6. The molecule has 2 aromatic carbocycles. The molecule has 0 atom stereocenters. The number of amides is 1. The highest BCUT2D eigenvalue weighted by Gasteiger charge is 2.33. The Morgan fingerprint density at radius 2 is 1.83 bits per heavy atom. The summed E-state index contributed by atoms with van der Waals surface area (Å²) in [4.78, 5) is 12.8. The molecule has 1 saturated heterocycles. The number of benzene rings is 2. The van der Waals surface area contributed by atoms with Crippen LogP contribution in [-0.4, -0.2) is 42.0 Å². The Labute approximate surface area is 168 Å². The van der Waals surface area contributed by atoms with Gasteiger partial charge in [-0.25, -0.2) is 13.0 Å². The summed E-state index contributed by atoms with van der Waals surface area (Å²) in [5, 5.41) is 10.4. The van der Waals surface area contributed by atoms with Crippen molar-refractivity contribution in [2.45, 2.75) is 31.6 Å². The molecule has 1 fully saturated rings. The second kappa shape index (κ2) is 7.57. The summed E-state index contributed by atoms with van der Waals surface area (Å²) in [6.45, 7) is 4.52. The zero-order valence-corrected chi connectivity index (χ0v) is 17.1. The number of aromatic nitrogens is 2. The predicted octanol–water partition coefficient (Wildman–Crippen LogP) is 2.88. The molecule has 8 nitrogen and oxygen atoms in total. The summed E-state index contributed by atoms with van der Waals surface area (Å²) in [5.74, 6) is -0.301. The number of nitrogens with one attached hydrogen (secondary N) is 1. The van der Waals surface area contributed by atoms with E-state index in [1.54, 1.807) is 12.1 Å². The van der Waals surface area contributed by atoms with Crippen molar-refractivity contribution < 1.29 is 17.8 Å². The number of piperidine rings is 1. The fourth-order valence-corrected chi connectivity index (χ4v) is 5.21. The van der Waals surface area contributed by atoms with Crippen LogP contribution in [0.3, 0.4) is 0 Å². The van der Waals surface area contributed by atoms with Crippen LogP contribution in [-0.2, 0) is 14.8 Å². The lowest BCUT2D eigenvalue weighted by Gasteiger charge is -2.30. The number of nitrogens with zero attached hydrogens (tertiary/aromatic N) is 3. The van der Waals surface area contributed by atoms with Crippen LogP contribution in [0, 0.1) is 19.8 Å². The summed E-state index contributed by atoms with van der Waals surface area (Å²) in [7, 11) is -3.74. The van der Waals surface area contributed by atoms with Gasteiger partial charge in [0.15, 0.2) is 5.52 Å². The van der Waals surface area contributed by atoms with Crippen LogP contribution in [0.4, 0.5) is 5.69 Å². The normalized spacial score (nSPS) is 16.2. The number of aryl methyl sites for hydroxylation is 1. The van der Waals surface area contributed by atoms with E-state index >= 15 is 0 Å². The lowest BCUT2D eigenvalue weighted by atomic mass is 9.97. The summed E-state index contributed by atoms with van der Waals surface area (Å²) in [5.41, 5.74) is 3.57. The highest BCUT2D eigenvalue weighted by Crippen LogP contribution is 2.28. The van der Waals surface area contributed by atoms with Crippen molar-refractivity contribution in [3.05, 3.63) is 47.5 Å². The molecule has 1 aromatic heterocycles. The first-order valence-corrected chi connectivity index (χ1v) is 10.9. The maximum atomic E-state index is 13.1. The van der Waals surface area contributed by atoms with Gasteiger partial charge in [-0.15, -0.1) is 0 Å². The fourth-order valence-electron chi connectivity index (χ4n) is 3.61. The van der Waals surface area contributed by atoms with E-state index in [2.05, 4.69) is 20.3 Å². The second-order valence-corrected chi connectivity index (χ2v) is 9.21. The molecule has 0 bridgehead atoms. The third-order valence-electron chi connectivity index (χ3n) is 5.55. The molecule has 4 rings (SSSR count). The van der Waals surface area contributed by atoms with Gasteiger partial charge in [0.2, 0.25) is 15.9 Å².